The van der Waals surface area contributed by atoms with Gasteiger partial charge in [0.1, 0.15) is 0 Å². The molecule has 0 N–H and O–H groups in total. The number of amides is 1. The van der Waals surface area contributed by atoms with Gasteiger partial charge in [0.05, 0.1) is 19.8 Å². The highest BCUT2D eigenvalue weighted by molar-refractivity contribution is 5.97. The molecule has 0 aliphatic rings. The number of carbonyl (C=O) groups is 1. The third kappa shape index (κ3) is 4.03. The summed E-state index contributed by atoms with van der Waals surface area (Å²) in [5, 5.41) is 0. The minimum absolute atomic E-state index is 0.0496. The predicted molar refractivity (Wildman–Crippen MR) is 91.0 cm³/mol. The zero-order chi connectivity index (χ0) is 16.7. The van der Waals surface area contributed by atoms with E-state index in [0.29, 0.717) is 30.2 Å². The molecule has 0 aliphatic heterocycles. The third-order valence-corrected chi connectivity index (χ3v) is 3.63. The van der Waals surface area contributed by atoms with Gasteiger partial charge in [0.2, 0.25) is 0 Å². The Labute approximate surface area is 137 Å². The summed E-state index contributed by atoms with van der Waals surface area (Å²) in [6, 6.07) is 15.4. The quantitative estimate of drug-likeness (QED) is 0.781. The van der Waals surface area contributed by atoms with Crippen molar-refractivity contribution in [3.8, 4) is 11.5 Å². The molecule has 4 nitrogen and oxygen atoms in total. The average Bonchev–Trinajstić information content (AvgIpc) is 2.60. The fraction of sp³-hybridized carbons (Fsp3) is 0.316. The van der Waals surface area contributed by atoms with Crippen LogP contribution in [0, 0.1) is 0 Å². The summed E-state index contributed by atoms with van der Waals surface area (Å²) in [6.07, 6.45) is 0.894. The van der Waals surface area contributed by atoms with E-state index in [-0.39, 0.29) is 5.91 Å². The van der Waals surface area contributed by atoms with Crippen LogP contribution in [-0.4, -0.2) is 31.6 Å². The first kappa shape index (κ1) is 16.9. The Bertz CT molecular complexity index is 640. The van der Waals surface area contributed by atoms with Crippen molar-refractivity contribution in [2.24, 2.45) is 0 Å². The summed E-state index contributed by atoms with van der Waals surface area (Å²) in [5.74, 6) is 0.995. The van der Waals surface area contributed by atoms with Gasteiger partial charge in [0, 0.05) is 13.1 Å². The largest absolute Gasteiger partial charge is 0.493 e. The van der Waals surface area contributed by atoms with Crippen molar-refractivity contribution >= 4 is 5.91 Å². The molecule has 0 aliphatic carbocycles. The van der Waals surface area contributed by atoms with Gasteiger partial charge in [-0.1, -0.05) is 43.3 Å². The van der Waals surface area contributed by atoms with Crippen LogP contribution in [0.5, 0.6) is 11.5 Å². The lowest BCUT2D eigenvalue weighted by Gasteiger charge is -2.23. The molecular formula is C19H23NO3. The molecule has 23 heavy (non-hydrogen) atoms. The van der Waals surface area contributed by atoms with E-state index in [1.54, 1.807) is 32.4 Å². The van der Waals surface area contributed by atoms with Gasteiger partial charge >= 0.3 is 0 Å². The lowest BCUT2D eigenvalue weighted by molar-refractivity contribution is 0.0739. The molecule has 0 saturated carbocycles. The normalized spacial score (nSPS) is 10.2. The SMILES string of the molecule is CCCN(Cc1ccccc1)C(=O)c1cccc(OC)c1OC. The minimum Gasteiger partial charge on any atom is -0.493 e. The summed E-state index contributed by atoms with van der Waals surface area (Å²) in [5.41, 5.74) is 1.63. The molecule has 2 rings (SSSR count). The molecular weight excluding hydrogens is 290 g/mol. The van der Waals surface area contributed by atoms with Crippen molar-refractivity contribution in [3.05, 3.63) is 59.7 Å². The van der Waals surface area contributed by atoms with Crippen molar-refractivity contribution in [2.45, 2.75) is 19.9 Å². The number of rotatable bonds is 7. The molecule has 2 aromatic rings. The third-order valence-electron chi connectivity index (χ3n) is 3.63. The van der Waals surface area contributed by atoms with E-state index in [1.165, 1.54) is 0 Å². The van der Waals surface area contributed by atoms with Gasteiger partial charge in [-0.25, -0.2) is 0 Å². The van der Waals surface area contributed by atoms with E-state index in [2.05, 4.69) is 6.92 Å². The summed E-state index contributed by atoms with van der Waals surface area (Å²) < 4.78 is 10.7. The molecule has 2 aromatic carbocycles. The molecule has 1 amide bonds. The van der Waals surface area contributed by atoms with Gasteiger partial charge in [-0.2, -0.15) is 0 Å². The van der Waals surface area contributed by atoms with E-state index >= 15 is 0 Å². The number of benzene rings is 2. The highest BCUT2D eigenvalue weighted by Gasteiger charge is 2.21. The topological polar surface area (TPSA) is 38.8 Å². The first-order chi connectivity index (χ1) is 11.2. The highest BCUT2D eigenvalue weighted by atomic mass is 16.5. The van der Waals surface area contributed by atoms with Gasteiger partial charge < -0.3 is 14.4 Å². The van der Waals surface area contributed by atoms with Crippen molar-refractivity contribution in [1.82, 2.24) is 4.90 Å². The number of hydrogen-bond donors (Lipinski definition) is 0. The molecule has 0 radical (unpaired) electrons. The molecule has 0 unspecified atom stereocenters. The lowest BCUT2D eigenvalue weighted by Crippen LogP contribution is -2.31. The molecule has 0 fully saturated rings. The minimum atomic E-state index is -0.0496. The van der Waals surface area contributed by atoms with E-state index < -0.39 is 0 Å². The van der Waals surface area contributed by atoms with Crippen LogP contribution in [0.3, 0.4) is 0 Å². The maximum atomic E-state index is 13.0. The van der Waals surface area contributed by atoms with Crippen molar-refractivity contribution < 1.29 is 14.3 Å². The van der Waals surface area contributed by atoms with E-state index in [4.69, 9.17) is 9.47 Å². The molecule has 0 bridgehead atoms. The second-order valence-electron chi connectivity index (χ2n) is 5.25. The Balaban J connectivity index is 2.31. The van der Waals surface area contributed by atoms with Crippen LogP contribution in [0.15, 0.2) is 48.5 Å². The van der Waals surface area contributed by atoms with Crippen molar-refractivity contribution in [2.75, 3.05) is 20.8 Å². The summed E-state index contributed by atoms with van der Waals surface area (Å²) in [7, 11) is 3.12. The lowest BCUT2D eigenvalue weighted by atomic mass is 10.1. The molecule has 0 saturated heterocycles. The zero-order valence-electron chi connectivity index (χ0n) is 13.9. The maximum absolute atomic E-state index is 13.0. The molecule has 0 aromatic heterocycles. The summed E-state index contributed by atoms with van der Waals surface area (Å²) in [6.45, 7) is 3.33. The van der Waals surface area contributed by atoms with Crippen LogP contribution in [-0.2, 0) is 6.54 Å². The fourth-order valence-electron chi connectivity index (χ4n) is 2.55. The fourth-order valence-corrected chi connectivity index (χ4v) is 2.55. The monoisotopic (exact) mass is 313 g/mol. The molecule has 122 valence electrons. The van der Waals surface area contributed by atoms with Crippen LogP contribution in [0.2, 0.25) is 0 Å². The average molecular weight is 313 g/mol. The Kier molecular flexibility index (Phi) is 6.03. The number of para-hydroxylation sites is 1. The van der Waals surface area contributed by atoms with Gasteiger partial charge in [-0.05, 0) is 24.1 Å². The van der Waals surface area contributed by atoms with Gasteiger partial charge in [-0.15, -0.1) is 0 Å². The van der Waals surface area contributed by atoms with Crippen LogP contribution < -0.4 is 9.47 Å². The van der Waals surface area contributed by atoms with E-state index in [9.17, 15) is 4.79 Å². The Hall–Kier alpha value is -2.49. The van der Waals surface area contributed by atoms with Crippen molar-refractivity contribution in [1.29, 1.82) is 0 Å². The Morgan fingerprint density at radius 3 is 2.35 bits per heavy atom. The first-order valence-corrected chi connectivity index (χ1v) is 7.75. The first-order valence-electron chi connectivity index (χ1n) is 7.75. The summed E-state index contributed by atoms with van der Waals surface area (Å²) >= 11 is 0. The number of hydrogen-bond acceptors (Lipinski definition) is 3. The van der Waals surface area contributed by atoms with Gasteiger partial charge in [0.25, 0.3) is 5.91 Å². The maximum Gasteiger partial charge on any atom is 0.258 e. The van der Waals surface area contributed by atoms with Crippen LogP contribution in [0.4, 0.5) is 0 Å². The molecule has 0 atom stereocenters. The second-order valence-corrected chi connectivity index (χ2v) is 5.25. The molecule has 0 heterocycles. The molecule has 0 spiro atoms. The number of methoxy groups -OCH3 is 2. The molecule has 4 heteroatoms. The standard InChI is InChI=1S/C19H23NO3/c1-4-13-20(14-15-9-6-5-7-10-15)19(21)16-11-8-12-17(22-2)18(16)23-3/h5-12H,4,13-14H2,1-3H3. The Morgan fingerprint density at radius 2 is 1.74 bits per heavy atom. The number of carbonyl (C=O) groups excluding carboxylic acids is 1. The highest BCUT2D eigenvalue weighted by Crippen LogP contribution is 2.31. The van der Waals surface area contributed by atoms with E-state index in [0.717, 1.165) is 12.0 Å². The van der Waals surface area contributed by atoms with E-state index in [1.807, 2.05) is 35.2 Å². The zero-order valence-corrected chi connectivity index (χ0v) is 13.9. The smallest absolute Gasteiger partial charge is 0.258 e. The van der Waals surface area contributed by atoms with Crippen molar-refractivity contribution in [3.63, 3.8) is 0 Å². The van der Waals surface area contributed by atoms with Crippen LogP contribution >= 0.6 is 0 Å². The Morgan fingerprint density at radius 1 is 1.00 bits per heavy atom. The van der Waals surface area contributed by atoms with Crippen LogP contribution in [0.25, 0.3) is 0 Å². The van der Waals surface area contributed by atoms with Crippen LogP contribution in [0.1, 0.15) is 29.3 Å². The number of nitrogens with zero attached hydrogens (tertiary/aromatic N) is 1. The van der Waals surface area contributed by atoms with Gasteiger partial charge in [0.15, 0.2) is 11.5 Å². The predicted octanol–water partition coefficient (Wildman–Crippen LogP) is 3.76. The second kappa shape index (κ2) is 8.22. The van der Waals surface area contributed by atoms with Gasteiger partial charge in [-0.3, -0.25) is 4.79 Å². The number of ether oxygens (including phenoxy) is 2. The summed E-state index contributed by atoms with van der Waals surface area (Å²) in [4.78, 5) is 14.8.